The van der Waals surface area contributed by atoms with E-state index in [1.807, 2.05) is 30.3 Å². The van der Waals surface area contributed by atoms with Crippen LogP contribution in [0.15, 0.2) is 42.7 Å². The maximum Gasteiger partial charge on any atom is 0.407 e. The van der Waals surface area contributed by atoms with Gasteiger partial charge in [-0.1, -0.05) is 41.9 Å². The number of nitrogens with one attached hydrogen (secondary N) is 1. The van der Waals surface area contributed by atoms with E-state index in [0.29, 0.717) is 0 Å². The number of nitrogens with zero attached hydrogens (tertiary/aromatic N) is 2. The van der Waals surface area contributed by atoms with Crippen molar-refractivity contribution in [1.29, 1.82) is 0 Å². The van der Waals surface area contributed by atoms with Gasteiger partial charge in [-0.15, -0.1) is 0 Å². The van der Waals surface area contributed by atoms with E-state index < -0.39 is 28.9 Å². The Morgan fingerprint density at radius 3 is 2.67 bits per heavy atom. The third-order valence-corrected chi connectivity index (χ3v) is 4.10. The fourth-order valence-corrected chi connectivity index (χ4v) is 2.52. The molecule has 0 radical (unpaired) electrons. The first-order chi connectivity index (χ1) is 12.9. The SMILES string of the molecule is O=C(NCCC(O)C(O)c1cncc([N+](=O)[O-])c1Cl)OCc1ccccc1. The van der Waals surface area contributed by atoms with Crippen LogP contribution in [0.4, 0.5) is 10.5 Å². The average molecular weight is 396 g/mol. The Hall–Kier alpha value is -2.75. The lowest BCUT2D eigenvalue weighted by Crippen LogP contribution is -2.30. The summed E-state index contributed by atoms with van der Waals surface area (Å²) in [7, 11) is 0. The molecule has 0 aliphatic carbocycles. The number of aromatic nitrogens is 1. The number of nitro groups is 1. The zero-order chi connectivity index (χ0) is 19.8. The molecule has 0 fully saturated rings. The first kappa shape index (κ1) is 20.6. The summed E-state index contributed by atoms with van der Waals surface area (Å²) in [6, 6.07) is 9.11. The molecule has 10 heteroatoms. The van der Waals surface area contributed by atoms with Crippen molar-refractivity contribution in [3.63, 3.8) is 0 Å². The van der Waals surface area contributed by atoms with Gasteiger partial charge in [0.1, 0.15) is 23.9 Å². The van der Waals surface area contributed by atoms with Gasteiger partial charge in [-0.3, -0.25) is 15.1 Å². The Morgan fingerprint density at radius 1 is 1.30 bits per heavy atom. The molecule has 0 aliphatic heterocycles. The van der Waals surface area contributed by atoms with Crippen LogP contribution < -0.4 is 5.32 Å². The summed E-state index contributed by atoms with van der Waals surface area (Å²) in [6.07, 6.45) is -1.41. The molecule has 0 spiro atoms. The quantitative estimate of drug-likeness (QED) is 0.461. The van der Waals surface area contributed by atoms with Crippen LogP contribution in [0.1, 0.15) is 23.7 Å². The van der Waals surface area contributed by atoms with Gasteiger partial charge in [0.05, 0.1) is 11.0 Å². The number of hydrogen-bond acceptors (Lipinski definition) is 7. The van der Waals surface area contributed by atoms with E-state index in [0.717, 1.165) is 18.0 Å². The highest BCUT2D eigenvalue weighted by atomic mass is 35.5. The van der Waals surface area contributed by atoms with E-state index in [9.17, 15) is 25.1 Å². The minimum atomic E-state index is -1.49. The van der Waals surface area contributed by atoms with Crippen molar-refractivity contribution in [3.8, 4) is 0 Å². The third-order valence-electron chi connectivity index (χ3n) is 3.69. The standard InChI is InChI=1S/C17H18ClN3O6/c18-15-12(8-19-9-13(15)21(25)26)16(23)14(22)6-7-20-17(24)27-10-11-4-2-1-3-5-11/h1-5,8-9,14,16,22-23H,6-7,10H2,(H,20,24). The molecule has 0 bridgehead atoms. The van der Waals surface area contributed by atoms with Crippen molar-refractivity contribution >= 4 is 23.4 Å². The summed E-state index contributed by atoms with van der Waals surface area (Å²) in [4.78, 5) is 25.4. The van der Waals surface area contributed by atoms with Gasteiger partial charge in [0.2, 0.25) is 0 Å². The number of benzene rings is 1. The predicted octanol–water partition coefficient (Wildman–Crippen LogP) is 2.35. The number of amides is 1. The number of carbonyl (C=O) groups is 1. The summed E-state index contributed by atoms with van der Waals surface area (Å²) < 4.78 is 5.02. The monoisotopic (exact) mass is 395 g/mol. The zero-order valence-electron chi connectivity index (χ0n) is 14.1. The highest BCUT2D eigenvalue weighted by Gasteiger charge is 2.26. The molecule has 0 aliphatic rings. The lowest BCUT2D eigenvalue weighted by molar-refractivity contribution is -0.385. The van der Waals surface area contributed by atoms with Crippen molar-refractivity contribution in [1.82, 2.24) is 10.3 Å². The minimum Gasteiger partial charge on any atom is -0.445 e. The van der Waals surface area contributed by atoms with Crippen LogP contribution in [-0.4, -0.2) is 38.9 Å². The van der Waals surface area contributed by atoms with E-state index in [2.05, 4.69) is 10.3 Å². The van der Waals surface area contributed by atoms with Gasteiger partial charge in [0, 0.05) is 18.3 Å². The van der Waals surface area contributed by atoms with Gasteiger partial charge in [0.15, 0.2) is 0 Å². The van der Waals surface area contributed by atoms with Crippen molar-refractivity contribution in [2.24, 2.45) is 0 Å². The lowest BCUT2D eigenvalue weighted by Gasteiger charge is -2.18. The van der Waals surface area contributed by atoms with E-state index in [-0.39, 0.29) is 30.2 Å². The highest BCUT2D eigenvalue weighted by Crippen LogP contribution is 2.32. The fraction of sp³-hybridized carbons (Fsp3) is 0.294. The molecule has 0 saturated carbocycles. The van der Waals surface area contributed by atoms with Crippen molar-refractivity contribution in [2.45, 2.75) is 25.2 Å². The molecular formula is C17H18ClN3O6. The van der Waals surface area contributed by atoms with Gasteiger partial charge >= 0.3 is 11.8 Å². The molecule has 1 heterocycles. The second-order valence-electron chi connectivity index (χ2n) is 5.61. The maximum atomic E-state index is 11.6. The number of aliphatic hydroxyl groups excluding tert-OH is 2. The van der Waals surface area contributed by atoms with E-state index in [1.54, 1.807) is 0 Å². The van der Waals surface area contributed by atoms with Gasteiger partial charge in [-0.25, -0.2) is 4.79 Å². The lowest BCUT2D eigenvalue weighted by atomic mass is 10.0. The normalized spacial score (nSPS) is 12.9. The number of aliphatic hydroxyl groups is 2. The average Bonchev–Trinajstić information content (AvgIpc) is 2.66. The van der Waals surface area contributed by atoms with E-state index >= 15 is 0 Å². The van der Waals surface area contributed by atoms with Crippen molar-refractivity contribution < 1.29 is 24.7 Å². The second-order valence-corrected chi connectivity index (χ2v) is 5.99. The maximum absolute atomic E-state index is 11.6. The van der Waals surface area contributed by atoms with E-state index in [1.165, 1.54) is 0 Å². The Labute approximate surface area is 159 Å². The summed E-state index contributed by atoms with van der Waals surface area (Å²) in [5.74, 6) is 0. The molecule has 144 valence electrons. The summed E-state index contributed by atoms with van der Waals surface area (Å²) >= 11 is 5.88. The number of halogens is 1. The number of rotatable bonds is 8. The van der Waals surface area contributed by atoms with Crippen LogP contribution in [0.3, 0.4) is 0 Å². The molecule has 2 unspecified atom stereocenters. The number of ether oxygens (including phenoxy) is 1. The largest absolute Gasteiger partial charge is 0.445 e. The van der Waals surface area contributed by atoms with Gasteiger partial charge < -0.3 is 20.3 Å². The molecule has 2 aromatic rings. The van der Waals surface area contributed by atoms with Gasteiger partial charge in [-0.2, -0.15) is 0 Å². The number of alkyl carbamates (subject to hydrolysis) is 1. The molecule has 1 aromatic heterocycles. The second kappa shape index (κ2) is 9.81. The Bertz CT molecular complexity index is 789. The van der Waals surface area contributed by atoms with Crippen LogP contribution in [0.25, 0.3) is 0 Å². The number of pyridine rings is 1. The molecule has 9 nitrogen and oxygen atoms in total. The van der Waals surface area contributed by atoms with E-state index in [4.69, 9.17) is 16.3 Å². The van der Waals surface area contributed by atoms with Crippen LogP contribution in [0, 0.1) is 10.1 Å². The Balaban J connectivity index is 1.81. The van der Waals surface area contributed by atoms with Crippen molar-refractivity contribution in [2.75, 3.05) is 6.54 Å². The molecule has 27 heavy (non-hydrogen) atoms. The fourth-order valence-electron chi connectivity index (χ4n) is 2.24. The molecule has 0 saturated heterocycles. The molecular weight excluding hydrogens is 378 g/mol. The Kier molecular flexibility index (Phi) is 7.47. The molecule has 1 amide bonds. The highest BCUT2D eigenvalue weighted by molar-refractivity contribution is 6.33. The first-order valence-corrected chi connectivity index (χ1v) is 8.36. The topological polar surface area (TPSA) is 135 Å². The molecule has 2 atom stereocenters. The number of carbonyl (C=O) groups excluding carboxylic acids is 1. The Morgan fingerprint density at radius 2 is 2.00 bits per heavy atom. The molecule has 2 rings (SSSR count). The third kappa shape index (κ3) is 5.88. The first-order valence-electron chi connectivity index (χ1n) is 7.98. The minimum absolute atomic E-state index is 0.0197. The van der Waals surface area contributed by atoms with Crippen molar-refractivity contribution in [3.05, 3.63) is 69.0 Å². The predicted molar refractivity (Wildman–Crippen MR) is 96.1 cm³/mol. The van der Waals surface area contributed by atoms with Crippen LogP contribution >= 0.6 is 11.6 Å². The summed E-state index contributed by atoms with van der Waals surface area (Å²) in [5, 5.41) is 33.2. The zero-order valence-corrected chi connectivity index (χ0v) is 14.9. The molecule has 3 N–H and O–H groups in total. The van der Waals surface area contributed by atoms with Gasteiger partial charge in [0.25, 0.3) is 0 Å². The summed E-state index contributed by atoms with van der Waals surface area (Å²) in [5.41, 5.74) is 0.295. The van der Waals surface area contributed by atoms with Crippen LogP contribution in [0.5, 0.6) is 0 Å². The summed E-state index contributed by atoms with van der Waals surface area (Å²) in [6.45, 7) is 0.124. The van der Waals surface area contributed by atoms with Gasteiger partial charge in [-0.05, 0) is 12.0 Å². The van der Waals surface area contributed by atoms with Crippen LogP contribution in [-0.2, 0) is 11.3 Å². The number of hydrogen-bond donors (Lipinski definition) is 3. The molecule has 1 aromatic carbocycles. The smallest absolute Gasteiger partial charge is 0.407 e. The van der Waals surface area contributed by atoms with Crippen LogP contribution in [0.2, 0.25) is 5.02 Å².